The number of nitrogens with zero attached hydrogens (tertiary/aromatic N) is 6. The largest absolute Gasteiger partial charge is 0.361 e. The van der Waals surface area contributed by atoms with E-state index in [1.165, 1.54) is 6.20 Å². The zero-order chi connectivity index (χ0) is 18.1. The summed E-state index contributed by atoms with van der Waals surface area (Å²) in [5.41, 5.74) is 0.814. The van der Waals surface area contributed by atoms with E-state index >= 15 is 0 Å². The van der Waals surface area contributed by atoms with Gasteiger partial charge in [-0.05, 0) is 19.8 Å². The first-order chi connectivity index (χ1) is 12.6. The summed E-state index contributed by atoms with van der Waals surface area (Å²) in [5, 5.41) is 18.2. The molecule has 0 unspecified atom stereocenters. The van der Waals surface area contributed by atoms with E-state index < -0.39 is 4.92 Å². The van der Waals surface area contributed by atoms with Gasteiger partial charge in [0.05, 0.1) is 17.2 Å². The number of rotatable bonds is 6. The Hall–Kier alpha value is -2.75. The Balaban J connectivity index is 1.41. The second-order valence-corrected chi connectivity index (χ2v) is 6.78. The lowest BCUT2D eigenvalue weighted by molar-refractivity contribution is -0.384. The maximum Gasteiger partial charge on any atom is 0.329 e. The highest BCUT2D eigenvalue weighted by Gasteiger charge is 2.28. The number of nitrogens with one attached hydrogen (secondary N) is 1. The minimum absolute atomic E-state index is 0.0695. The van der Waals surface area contributed by atoms with Crippen molar-refractivity contribution in [2.45, 2.75) is 32.4 Å². The molecular formula is C16H21N7O3. The van der Waals surface area contributed by atoms with E-state index in [0.29, 0.717) is 17.8 Å². The first-order valence-electron chi connectivity index (χ1n) is 8.76. The molecule has 1 saturated carbocycles. The maximum atomic E-state index is 11.2. The van der Waals surface area contributed by atoms with Crippen molar-refractivity contribution in [1.82, 2.24) is 20.0 Å². The molecule has 0 aromatic carbocycles. The van der Waals surface area contributed by atoms with Crippen molar-refractivity contribution in [2.75, 3.05) is 36.4 Å². The molecule has 26 heavy (non-hydrogen) atoms. The van der Waals surface area contributed by atoms with Gasteiger partial charge in [0.25, 0.3) is 0 Å². The number of aryl methyl sites for hydroxylation is 1. The van der Waals surface area contributed by atoms with Crippen molar-refractivity contribution in [3.63, 3.8) is 0 Å². The highest BCUT2D eigenvalue weighted by atomic mass is 16.6. The van der Waals surface area contributed by atoms with Crippen LogP contribution in [0.5, 0.6) is 0 Å². The van der Waals surface area contributed by atoms with Crippen LogP contribution in [0.25, 0.3) is 0 Å². The molecule has 3 heterocycles. The van der Waals surface area contributed by atoms with Crippen molar-refractivity contribution in [1.29, 1.82) is 0 Å². The van der Waals surface area contributed by atoms with Crippen LogP contribution in [0.15, 0.2) is 16.8 Å². The molecule has 0 atom stereocenters. The van der Waals surface area contributed by atoms with E-state index in [0.717, 1.165) is 57.0 Å². The van der Waals surface area contributed by atoms with Crippen LogP contribution in [0.3, 0.4) is 0 Å². The molecule has 10 nitrogen and oxygen atoms in total. The van der Waals surface area contributed by atoms with Gasteiger partial charge >= 0.3 is 5.69 Å². The van der Waals surface area contributed by atoms with Crippen molar-refractivity contribution in [3.05, 3.63) is 33.8 Å². The maximum absolute atomic E-state index is 11.2. The second-order valence-electron chi connectivity index (χ2n) is 6.78. The normalized spacial score (nSPS) is 18.1. The van der Waals surface area contributed by atoms with Crippen molar-refractivity contribution < 1.29 is 9.45 Å². The lowest BCUT2D eigenvalue weighted by Gasteiger charge is -2.34. The second kappa shape index (κ2) is 6.87. The molecule has 0 radical (unpaired) electrons. The molecule has 2 fully saturated rings. The third-order valence-corrected chi connectivity index (χ3v) is 4.58. The van der Waals surface area contributed by atoms with Crippen LogP contribution >= 0.6 is 0 Å². The van der Waals surface area contributed by atoms with Gasteiger partial charge in [-0.15, -0.1) is 0 Å². The van der Waals surface area contributed by atoms with Gasteiger partial charge in [-0.3, -0.25) is 15.0 Å². The van der Waals surface area contributed by atoms with Gasteiger partial charge in [-0.2, -0.15) is 4.98 Å². The summed E-state index contributed by atoms with van der Waals surface area (Å²) in [6, 6.07) is 2.24. The zero-order valence-electron chi connectivity index (χ0n) is 14.6. The van der Waals surface area contributed by atoms with Gasteiger partial charge in [-0.25, -0.2) is 4.98 Å². The van der Waals surface area contributed by atoms with E-state index in [-0.39, 0.29) is 5.69 Å². The fourth-order valence-electron chi connectivity index (χ4n) is 3.00. The number of anilines is 2. The van der Waals surface area contributed by atoms with Gasteiger partial charge in [0.2, 0.25) is 11.8 Å². The average molecular weight is 359 g/mol. The van der Waals surface area contributed by atoms with E-state index in [9.17, 15) is 10.1 Å². The molecule has 2 aliphatic rings. The third kappa shape index (κ3) is 3.74. The van der Waals surface area contributed by atoms with Crippen LogP contribution in [-0.2, 0) is 6.54 Å². The fourth-order valence-corrected chi connectivity index (χ4v) is 3.00. The Bertz CT molecular complexity index is 797. The van der Waals surface area contributed by atoms with Crippen LogP contribution in [0.2, 0.25) is 0 Å². The van der Waals surface area contributed by atoms with Crippen molar-refractivity contribution >= 4 is 17.5 Å². The molecule has 1 aliphatic heterocycles. The minimum Gasteiger partial charge on any atom is -0.361 e. The highest BCUT2D eigenvalue weighted by molar-refractivity contribution is 5.58. The van der Waals surface area contributed by atoms with E-state index in [1.807, 2.05) is 13.0 Å². The summed E-state index contributed by atoms with van der Waals surface area (Å²) < 4.78 is 5.27. The Morgan fingerprint density at radius 1 is 1.35 bits per heavy atom. The minimum atomic E-state index is -0.439. The van der Waals surface area contributed by atoms with E-state index in [1.54, 1.807) is 0 Å². The van der Waals surface area contributed by atoms with Gasteiger partial charge in [-0.1, -0.05) is 5.16 Å². The third-order valence-electron chi connectivity index (χ3n) is 4.58. The van der Waals surface area contributed by atoms with Crippen LogP contribution < -0.4 is 10.2 Å². The number of piperazine rings is 1. The summed E-state index contributed by atoms with van der Waals surface area (Å²) in [4.78, 5) is 23.7. The molecule has 0 amide bonds. The monoisotopic (exact) mass is 359 g/mol. The fraction of sp³-hybridized carbons (Fsp3) is 0.562. The summed E-state index contributed by atoms with van der Waals surface area (Å²) >= 11 is 0. The molecule has 138 valence electrons. The number of hydrogen-bond acceptors (Lipinski definition) is 9. The highest BCUT2D eigenvalue weighted by Crippen LogP contribution is 2.30. The van der Waals surface area contributed by atoms with Crippen molar-refractivity contribution in [2.24, 2.45) is 0 Å². The predicted molar refractivity (Wildman–Crippen MR) is 94.1 cm³/mol. The van der Waals surface area contributed by atoms with Gasteiger partial charge in [0.1, 0.15) is 6.20 Å². The van der Waals surface area contributed by atoms with Crippen LogP contribution in [0.1, 0.15) is 24.3 Å². The quantitative estimate of drug-likeness (QED) is 0.606. The first kappa shape index (κ1) is 16.7. The molecular weight excluding hydrogens is 338 g/mol. The molecule has 10 heteroatoms. The van der Waals surface area contributed by atoms with Gasteiger partial charge in [0, 0.05) is 38.3 Å². The van der Waals surface area contributed by atoms with Gasteiger partial charge in [0.15, 0.2) is 5.76 Å². The average Bonchev–Trinajstić information content (AvgIpc) is 3.35. The topological polar surface area (TPSA) is 113 Å². The Kier molecular flexibility index (Phi) is 4.41. The Morgan fingerprint density at radius 3 is 2.73 bits per heavy atom. The summed E-state index contributed by atoms with van der Waals surface area (Å²) in [6.07, 6.45) is 3.35. The van der Waals surface area contributed by atoms with Crippen molar-refractivity contribution in [3.8, 4) is 0 Å². The smallest absolute Gasteiger partial charge is 0.329 e. The molecule has 0 spiro atoms. The molecule has 1 aliphatic carbocycles. The first-order valence-corrected chi connectivity index (χ1v) is 8.76. The zero-order valence-corrected chi connectivity index (χ0v) is 14.6. The molecule has 1 N–H and O–H groups in total. The summed E-state index contributed by atoms with van der Waals surface area (Å²) in [5.74, 6) is 1.72. The molecule has 2 aromatic heterocycles. The Labute approximate surface area is 150 Å². The molecule has 4 rings (SSSR count). The predicted octanol–water partition coefficient (Wildman–Crippen LogP) is 1.58. The molecule has 0 bridgehead atoms. The lowest BCUT2D eigenvalue weighted by Crippen LogP contribution is -2.46. The van der Waals surface area contributed by atoms with Crippen LogP contribution in [0, 0.1) is 17.0 Å². The number of hydrogen-bond donors (Lipinski definition) is 1. The standard InChI is InChI=1S/C16H21N7O3/c1-11-8-13(26-20-11)10-21-4-6-22(7-5-21)16-17-9-14(23(24)25)15(19-16)18-12-2-3-12/h8-9,12H,2-7,10H2,1H3,(H,17,18,19). The molecule has 2 aromatic rings. The summed E-state index contributed by atoms with van der Waals surface area (Å²) in [6.45, 7) is 5.83. The molecule has 1 saturated heterocycles. The van der Waals surface area contributed by atoms with E-state index in [4.69, 9.17) is 4.52 Å². The van der Waals surface area contributed by atoms with Crippen LogP contribution in [0.4, 0.5) is 17.5 Å². The van der Waals surface area contributed by atoms with Gasteiger partial charge < -0.3 is 14.7 Å². The summed E-state index contributed by atoms with van der Waals surface area (Å²) in [7, 11) is 0. The SMILES string of the molecule is Cc1cc(CN2CCN(c3ncc([N+](=O)[O-])c(NC4CC4)n3)CC2)on1. The van der Waals surface area contributed by atoms with Crippen LogP contribution in [-0.4, -0.2) is 57.2 Å². The number of nitro groups is 1. The van der Waals surface area contributed by atoms with E-state index in [2.05, 4.69) is 30.2 Å². The lowest BCUT2D eigenvalue weighted by atomic mass is 10.3. The number of aromatic nitrogens is 3. The Morgan fingerprint density at radius 2 is 2.12 bits per heavy atom.